The van der Waals surface area contributed by atoms with Crippen molar-refractivity contribution >= 4 is 13.9 Å². The van der Waals surface area contributed by atoms with Crippen LogP contribution in [0, 0.1) is 11.5 Å². The second kappa shape index (κ2) is 5.84. The zero-order valence-corrected chi connectivity index (χ0v) is 12.1. The zero-order valence-electron chi connectivity index (χ0n) is 11.1. The molecule has 1 unspecified atom stereocenters. The average Bonchev–Trinajstić information content (AvgIpc) is 2.24. The molecular formula is C15H20OSi. The lowest BCUT2D eigenvalue weighted by Gasteiger charge is -2.11. The minimum atomic E-state index is -1.38. The van der Waals surface area contributed by atoms with Crippen LogP contribution in [0.2, 0.25) is 19.6 Å². The van der Waals surface area contributed by atoms with Gasteiger partial charge in [0.2, 0.25) is 0 Å². The van der Waals surface area contributed by atoms with Gasteiger partial charge in [0.1, 0.15) is 13.9 Å². The summed E-state index contributed by atoms with van der Waals surface area (Å²) in [6.45, 7) is 8.29. The van der Waals surface area contributed by atoms with Crippen molar-refractivity contribution in [1.82, 2.24) is 0 Å². The maximum absolute atomic E-state index is 11.3. The van der Waals surface area contributed by atoms with E-state index in [-0.39, 0.29) is 11.7 Å². The van der Waals surface area contributed by atoms with Gasteiger partial charge in [0, 0.05) is 6.42 Å². The molecule has 1 aromatic carbocycles. The van der Waals surface area contributed by atoms with E-state index in [1.165, 1.54) is 0 Å². The number of carbonyl (C=O) groups is 1. The number of ketones is 1. The maximum atomic E-state index is 11.3. The topological polar surface area (TPSA) is 17.1 Å². The average molecular weight is 244 g/mol. The normalized spacial score (nSPS) is 12.5. The first-order chi connectivity index (χ1) is 7.88. The molecule has 0 radical (unpaired) electrons. The lowest BCUT2D eigenvalue weighted by molar-refractivity contribution is -0.117. The Bertz CT molecular complexity index is 431. The van der Waals surface area contributed by atoms with E-state index in [9.17, 15) is 4.79 Å². The molecule has 0 aliphatic heterocycles. The number of benzene rings is 1. The summed E-state index contributed by atoms with van der Waals surface area (Å²) in [5, 5.41) is 0. The van der Waals surface area contributed by atoms with Crippen LogP contribution in [0.3, 0.4) is 0 Å². The minimum absolute atomic E-state index is 0.0559. The van der Waals surface area contributed by atoms with Crippen molar-refractivity contribution < 1.29 is 4.79 Å². The fraction of sp³-hybridized carbons (Fsp3) is 0.400. The summed E-state index contributed by atoms with van der Waals surface area (Å²) in [5.41, 5.74) is 4.51. The molecule has 0 spiro atoms. The van der Waals surface area contributed by atoms with Crippen LogP contribution in [-0.2, 0) is 4.79 Å². The zero-order chi connectivity index (χ0) is 12.9. The first-order valence-corrected chi connectivity index (χ1v) is 9.45. The van der Waals surface area contributed by atoms with Gasteiger partial charge in [0.15, 0.2) is 0 Å². The van der Waals surface area contributed by atoms with Gasteiger partial charge in [-0.25, -0.2) is 0 Å². The van der Waals surface area contributed by atoms with Gasteiger partial charge >= 0.3 is 0 Å². The second-order valence-corrected chi connectivity index (χ2v) is 10.1. The number of carbonyl (C=O) groups excluding carboxylic acids is 1. The van der Waals surface area contributed by atoms with E-state index >= 15 is 0 Å². The summed E-state index contributed by atoms with van der Waals surface area (Å²) in [7, 11) is -1.38. The fourth-order valence-corrected chi connectivity index (χ4v) is 2.14. The van der Waals surface area contributed by atoms with Crippen LogP contribution in [0.5, 0.6) is 0 Å². The van der Waals surface area contributed by atoms with Crippen molar-refractivity contribution in [3.05, 3.63) is 35.9 Å². The summed E-state index contributed by atoms with van der Waals surface area (Å²) in [4.78, 5) is 11.3. The lowest BCUT2D eigenvalue weighted by Crippen LogP contribution is -2.17. The third-order valence-electron chi connectivity index (χ3n) is 2.31. The largest absolute Gasteiger partial charge is 0.300 e. The van der Waals surface area contributed by atoms with Crippen molar-refractivity contribution in [2.75, 3.05) is 0 Å². The van der Waals surface area contributed by atoms with Crippen molar-refractivity contribution in [2.45, 2.75) is 38.9 Å². The molecular weight excluding hydrogens is 224 g/mol. The predicted molar refractivity (Wildman–Crippen MR) is 75.6 cm³/mol. The molecule has 1 nitrogen and oxygen atoms in total. The number of hydrogen-bond acceptors (Lipinski definition) is 1. The molecule has 17 heavy (non-hydrogen) atoms. The Morgan fingerprint density at radius 1 is 1.24 bits per heavy atom. The standard InChI is InChI=1S/C15H20OSi/c1-13(16)12-15(10-11-17(2,3)4)14-8-6-5-7-9-14/h5-9,15H,12H2,1-4H3. The molecule has 2 heteroatoms. The van der Waals surface area contributed by atoms with Gasteiger partial charge in [-0.2, -0.15) is 0 Å². The first kappa shape index (κ1) is 13.7. The number of hydrogen-bond donors (Lipinski definition) is 0. The predicted octanol–water partition coefficient (Wildman–Crippen LogP) is 3.63. The van der Waals surface area contributed by atoms with Crippen LogP contribution < -0.4 is 0 Å². The molecule has 0 heterocycles. The number of rotatable bonds is 3. The van der Waals surface area contributed by atoms with Crippen LogP contribution in [0.15, 0.2) is 30.3 Å². The van der Waals surface area contributed by atoms with Crippen LogP contribution in [0.25, 0.3) is 0 Å². The van der Waals surface area contributed by atoms with Gasteiger partial charge in [0.05, 0.1) is 5.92 Å². The second-order valence-electron chi connectivity index (χ2n) is 5.39. The van der Waals surface area contributed by atoms with Gasteiger partial charge in [-0.05, 0) is 12.5 Å². The Morgan fingerprint density at radius 3 is 2.29 bits per heavy atom. The van der Waals surface area contributed by atoms with Gasteiger partial charge in [-0.1, -0.05) is 50.0 Å². The Labute approximate surface area is 105 Å². The van der Waals surface area contributed by atoms with Crippen molar-refractivity contribution in [3.63, 3.8) is 0 Å². The molecule has 1 aromatic rings. The highest BCUT2D eigenvalue weighted by molar-refractivity contribution is 6.83. The van der Waals surface area contributed by atoms with Gasteiger partial charge in [0.25, 0.3) is 0 Å². The van der Waals surface area contributed by atoms with Crippen LogP contribution in [0.1, 0.15) is 24.8 Å². The maximum Gasteiger partial charge on any atom is 0.131 e. The van der Waals surface area contributed by atoms with Crippen LogP contribution in [-0.4, -0.2) is 13.9 Å². The Kier molecular flexibility index (Phi) is 4.71. The van der Waals surface area contributed by atoms with E-state index in [0.717, 1.165) is 5.56 Å². The molecule has 1 rings (SSSR count). The van der Waals surface area contributed by atoms with Crippen molar-refractivity contribution in [2.24, 2.45) is 0 Å². The van der Waals surface area contributed by atoms with Gasteiger partial charge in [-0.3, -0.25) is 4.79 Å². The highest BCUT2D eigenvalue weighted by Gasteiger charge is 2.13. The smallest absolute Gasteiger partial charge is 0.131 e. The van der Waals surface area contributed by atoms with E-state index < -0.39 is 8.07 Å². The quantitative estimate of drug-likeness (QED) is 0.586. The fourth-order valence-electron chi connectivity index (χ4n) is 1.53. The van der Waals surface area contributed by atoms with E-state index in [1.54, 1.807) is 6.92 Å². The summed E-state index contributed by atoms with van der Waals surface area (Å²) in [6.07, 6.45) is 0.515. The Morgan fingerprint density at radius 2 is 1.82 bits per heavy atom. The van der Waals surface area contributed by atoms with E-state index in [4.69, 9.17) is 0 Å². The SMILES string of the molecule is CC(=O)CC(C#C[Si](C)(C)C)c1ccccc1. The summed E-state index contributed by atoms with van der Waals surface area (Å²) >= 11 is 0. The molecule has 0 aliphatic rings. The first-order valence-electron chi connectivity index (χ1n) is 5.95. The highest BCUT2D eigenvalue weighted by Crippen LogP contribution is 2.19. The Hall–Kier alpha value is -1.33. The minimum Gasteiger partial charge on any atom is -0.300 e. The van der Waals surface area contributed by atoms with E-state index in [2.05, 4.69) is 31.1 Å². The molecule has 0 aliphatic carbocycles. The van der Waals surface area contributed by atoms with E-state index in [0.29, 0.717) is 6.42 Å². The van der Waals surface area contributed by atoms with Crippen LogP contribution >= 0.6 is 0 Å². The molecule has 0 bridgehead atoms. The molecule has 0 saturated carbocycles. The monoisotopic (exact) mass is 244 g/mol. The summed E-state index contributed by atoms with van der Waals surface area (Å²) in [5.74, 6) is 3.55. The molecule has 0 N–H and O–H groups in total. The van der Waals surface area contributed by atoms with Crippen molar-refractivity contribution in [3.8, 4) is 11.5 Å². The van der Waals surface area contributed by atoms with Gasteiger partial charge in [-0.15, -0.1) is 11.5 Å². The lowest BCUT2D eigenvalue weighted by atomic mass is 9.95. The third-order valence-corrected chi connectivity index (χ3v) is 3.21. The third kappa shape index (κ3) is 5.51. The molecule has 0 saturated heterocycles. The molecule has 0 aromatic heterocycles. The molecule has 0 amide bonds. The summed E-state index contributed by atoms with van der Waals surface area (Å²) < 4.78 is 0. The van der Waals surface area contributed by atoms with Crippen LogP contribution in [0.4, 0.5) is 0 Å². The molecule has 0 fully saturated rings. The highest BCUT2D eigenvalue weighted by atomic mass is 28.3. The Balaban J connectivity index is 2.96. The molecule has 1 atom stereocenters. The van der Waals surface area contributed by atoms with E-state index in [1.807, 2.05) is 30.3 Å². The number of Topliss-reactive ketones (excluding diaryl/α,β-unsaturated/α-hetero) is 1. The molecule has 90 valence electrons. The van der Waals surface area contributed by atoms with Gasteiger partial charge < -0.3 is 0 Å². The summed E-state index contributed by atoms with van der Waals surface area (Å²) in [6, 6.07) is 10.1. The van der Waals surface area contributed by atoms with Crippen molar-refractivity contribution in [1.29, 1.82) is 0 Å².